The Labute approximate surface area is 135 Å². The van der Waals surface area contributed by atoms with E-state index in [1.807, 2.05) is 0 Å². The van der Waals surface area contributed by atoms with E-state index >= 15 is 0 Å². The van der Waals surface area contributed by atoms with E-state index in [0.717, 1.165) is 43.5 Å². The summed E-state index contributed by atoms with van der Waals surface area (Å²) in [6, 6.07) is 2.75. The number of nitrogens with zero attached hydrogens (tertiary/aromatic N) is 4. The summed E-state index contributed by atoms with van der Waals surface area (Å²) in [6.07, 6.45) is 6.18. The van der Waals surface area contributed by atoms with Gasteiger partial charge in [-0.2, -0.15) is 4.98 Å². The first-order valence-electron chi connectivity index (χ1n) is 8.61. The molecule has 0 bridgehead atoms. The Balaban J connectivity index is 2.02. The van der Waals surface area contributed by atoms with Crippen LogP contribution in [0.4, 0.5) is 11.8 Å². The lowest BCUT2D eigenvalue weighted by Gasteiger charge is -2.36. The molecule has 0 aromatic carbocycles. The van der Waals surface area contributed by atoms with Gasteiger partial charge in [0.05, 0.1) is 0 Å². The topological polar surface area (TPSA) is 44.3 Å². The first-order chi connectivity index (χ1) is 10.6. The monoisotopic (exact) mass is 305 g/mol. The lowest BCUT2D eigenvalue weighted by atomic mass is 10.00. The summed E-state index contributed by atoms with van der Waals surface area (Å²) in [5.74, 6) is 1.86. The number of nitrogens with one attached hydrogen (secondary N) is 1. The average molecular weight is 305 g/mol. The molecule has 1 aromatic heterocycles. The molecule has 124 valence electrons. The van der Waals surface area contributed by atoms with Crippen molar-refractivity contribution in [3.05, 3.63) is 11.8 Å². The Bertz CT molecular complexity index is 460. The predicted octanol–water partition coefficient (Wildman–Crippen LogP) is 2.92. The van der Waals surface area contributed by atoms with E-state index in [0.29, 0.717) is 6.04 Å². The minimum Gasteiger partial charge on any atom is -0.354 e. The number of aromatic nitrogens is 2. The molecular weight excluding hydrogens is 274 g/mol. The van der Waals surface area contributed by atoms with E-state index in [4.69, 9.17) is 4.98 Å². The molecule has 5 heteroatoms. The van der Waals surface area contributed by atoms with Gasteiger partial charge in [-0.05, 0) is 59.7 Å². The summed E-state index contributed by atoms with van der Waals surface area (Å²) in [5, 5.41) is 3.38. The number of piperidine rings is 1. The fraction of sp³-hybridized carbons (Fsp3) is 0.765. The van der Waals surface area contributed by atoms with Gasteiger partial charge in [-0.3, -0.25) is 0 Å². The third-order valence-electron chi connectivity index (χ3n) is 4.30. The van der Waals surface area contributed by atoms with Gasteiger partial charge in [0, 0.05) is 30.9 Å². The smallest absolute Gasteiger partial charge is 0.224 e. The summed E-state index contributed by atoms with van der Waals surface area (Å²) in [7, 11) is 4.20. The van der Waals surface area contributed by atoms with E-state index in [1.165, 1.54) is 25.7 Å². The van der Waals surface area contributed by atoms with Gasteiger partial charge in [-0.25, -0.2) is 4.98 Å². The second-order valence-electron chi connectivity index (χ2n) is 6.53. The highest BCUT2D eigenvalue weighted by atomic mass is 15.2. The number of hydrogen-bond acceptors (Lipinski definition) is 5. The summed E-state index contributed by atoms with van der Waals surface area (Å²) in [6.45, 7) is 7.45. The Kier molecular flexibility index (Phi) is 6.43. The molecular formula is C17H31N5. The predicted molar refractivity (Wildman–Crippen MR) is 93.7 cm³/mol. The van der Waals surface area contributed by atoms with Crippen molar-refractivity contribution < 1.29 is 0 Å². The third-order valence-corrected chi connectivity index (χ3v) is 4.30. The van der Waals surface area contributed by atoms with Crippen molar-refractivity contribution in [2.24, 2.45) is 0 Å². The van der Waals surface area contributed by atoms with Crippen molar-refractivity contribution in [1.82, 2.24) is 14.9 Å². The molecule has 0 aliphatic carbocycles. The quantitative estimate of drug-likeness (QED) is 0.785. The number of rotatable bonds is 7. The van der Waals surface area contributed by atoms with Crippen molar-refractivity contribution in [3.63, 3.8) is 0 Å². The van der Waals surface area contributed by atoms with Crippen LogP contribution in [0.3, 0.4) is 0 Å². The van der Waals surface area contributed by atoms with Crippen LogP contribution in [0.5, 0.6) is 0 Å². The zero-order valence-electron chi connectivity index (χ0n) is 14.6. The van der Waals surface area contributed by atoms with Crippen molar-refractivity contribution >= 4 is 11.8 Å². The molecule has 0 amide bonds. The Hall–Kier alpha value is -1.36. The molecule has 22 heavy (non-hydrogen) atoms. The van der Waals surface area contributed by atoms with E-state index in [-0.39, 0.29) is 0 Å². The van der Waals surface area contributed by atoms with Crippen molar-refractivity contribution in [2.45, 2.75) is 52.0 Å². The van der Waals surface area contributed by atoms with Crippen LogP contribution in [0.2, 0.25) is 0 Å². The van der Waals surface area contributed by atoms with Crippen LogP contribution < -0.4 is 10.2 Å². The van der Waals surface area contributed by atoms with Gasteiger partial charge in [0.1, 0.15) is 5.82 Å². The zero-order chi connectivity index (χ0) is 15.9. The molecule has 1 aromatic rings. The highest BCUT2D eigenvalue weighted by Crippen LogP contribution is 2.26. The molecule has 1 aliphatic heterocycles. The molecule has 2 rings (SSSR count). The molecule has 0 saturated carbocycles. The largest absolute Gasteiger partial charge is 0.354 e. The molecule has 0 spiro atoms. The van der Waals surface area contributed by atoms with Gasteiger partial charge in [0.2, 0.25) is 5.95 Å². The molecule has 1 N–H and O–H groups in total. The number of hydrogen-bond donors (Lipinski definition) is 1. The summed E-state index contributed by atoms with van der Waals surface area (Å²) in [4.78, 5) is 14.0. The van der Waals surface area contributed by atoms with Crippen LogP contribution in [0, 0.1) is 6.92 Å². The van der Waals surface area contributed by atoms with Gasteiger partial charge in [0.25, 0.3) is 0 Å². The molecule has 1 unspecified atom stereocenters. The summed E-state index contributed by atoms with van der Waals surface area (Å²) >= 11 is 0. The van der Waals surface area contributed by atoms with Crippen molar-refractivity contribution in [1.29, 1.82) is 0 Å². The standard InChI is InChI=1S/C17H31N5/c1-5-15-9-6-7-12-22(15)16-13-14(2)19-17(20-16)18-10-8-11-21(3)4/h13,15H,5-12H2,1-4H3,(H,18,19,20). The lowest BCUT2D eigenvalue weighted by molar-refractivity contribution is 0.405. The maximum absolute atomic E-state index is 4.76. The van der Waals surface area contributed by atoms with Gasteiger partial charge in [0.15, 0.2) is 0 Å². The molecule has 1 atom stereocenters. The van der Waals surface area contributed by atoms with E-state index < -0.39 is 0 Å². The first-order valence-corrected chi connectivity index (χ1v) is 8.61. The van der Waals surface area contributed by atoms with Gasteiger partial charge in [-0.15, -0.1) is 0 Å². The number of anilines is 2. The zero-order valence-corrected chi connectivity index (χ0v) is 14.6. The van der Waals surface area contributed by atoms with Crippen molar-refractivity contribution in [3.8, 4) is 0 Å². The normalized spacial score (nSPS) is 18.8. The molecule has 2 heterocycles. The minimum absolute atomic E-state index is 0.629. The average Bonchev–Trinajstić information content (AvgIpc) is 2.51. The Morgan fingerprint density at radius 1 is 1.32 bits per heavy atom. The summed E-state index contributed by atoms with van der Waals surface area (Å²) in [5.41, 5.74) is 1.04. The van der Waals surface area contributed by atoms with Gasteiger partial charge < -0.3 is 15.1 Å². The van der Waals surface area contributed by atoms with Crippen LogP contribution in [0.15, 0.2) is 6.07 Å². The van der Waals surface area contributed by atoms with Crippen LogP contribution in [-0.4, -0.2) is 54.6 Å². The molecule has 1 saturated heterocycles. The highest BCUT2D eigenvalue weighted by Gasteiger charge is 2.22. The number of aryl methyl sites for hydroxylation is 1. The van der Waals surface area contributed by atoms with Crippen LogP contribution in [-0.2, 0) is 0 Å². The minimum atomic E-state index is 0.629. The van der Waals surface area contributed by atoms with E-state index in [2.05, 4.69) is 54.1 Å². The second kappa shape index (κ2) is 8.32. The first kappa shape index (κ1) is 17.0. The maximum Gasteiger partial charge on any atom is 0.224 e. The lowest BCUT2D eigenvalue weighted by Crippen LogP contribution is -2.39. The van der Waals surface area contributed by atoms with E-state index in [1.54, 1.807) is 0 Å². The Morgan fingerprint density at radius 2 is 2.14 bits per heavy atom. The molecule has 0 radical (unpaired) electrons. The second-order valence-corrected chi connectivity index (χ2v) is 6.53. The van der Waals surface area contributed by atoms with Crippen molar-refractivity contribution in [2.75, 3.05) is 43.9 Å². The summed E-state index contributed by atoms with van der Waals surface area (Å²) < 4.78 is 0. The van der Waals surface area contributed by atoms with E-state index in [9.17, 15) is 0 Å². The molecule has 1 aliphatic rings. The van der Waals surface area contributed by atoms with Crippen LogP contribution in [0.25, 0.3) is 0 Å². The third kappa shape index (κ3) is 4.83. The van der Waals surface area contributed by atoms with Crippen LogP contribution >= 0.6 is 0 Å². The van der Waals surface area contributed by atoms with Crippen LogP contribution in [0.1, 0.15) is 44.7 Å². The Morgan fingerprint density at radius 3 is 2.86 bits per heavy atom. The highest BCUT2D eigenvalue weighted by molar-refractivity contribution is 5.46. The van der Waals surface area contributed by atoms with Gasteiger partial charge >= 0.3 is 0 Å². The fourth-order valence-electron chi connectivity index (χ4n) is 3.10. The van der Waals surface area contributed by atoms with Gasteiger partial charge in [-0.1, -0.05) is 6.92 Å². The SMILES string of the molecule is CCC1CCCCN1c1cc(C)nc(NCCCN(C)C)n1. The molecule has 1 fully saturated rings. The fourth-order valence-corrected chi connectivity index (χ4v) is 3.10. The maximum atomic E-state index is 4.76. The molecule has 5 nitrogen and oxygen atoms in total.